The van der Waals surface area contributed by atoms with E-state index in [1.54, 1.807) is 23.1 Å². The number of benzene rings is 1. The number of H-pyrrole nitrogens is 1. The second-order valence-electron chi connectivity index (χ2n) is 5.46. The van der Waals surface area contributed by atoms with Gasteiger partial charge in [-0.25, -0.2) is 4.98 Å². The molecule has 0 aliphatic carbocycles. The summed E-state index contributed by atoms with van der Waals surface area (Å²) in [5.41, 5.74) is 8.61. The number of thiazole rings is 1. The standard InChI is InChI=1S/C16H13N5OS/c17-7-9-2-1-3-11-10(9)6-13(19-11)15(22)21-5-4-12-14(8-21)23-16(18)20-12/h1-3,6,19H,4-5,8H2,(H2,18,20). The number of fused-ring (bicyclic) bond motifs is 2. The Morgan fingerprint density at radius 1 is 1.48 bits per heavy atom. The second-order valence-corrected chi connectivity index (χ2v) is 6.58. The Morgan fingerprint density at radius 2 is 2.35 bits per heavy atom. The molecule has 3 aromatic rings. The van der Waals surface area contributed by atoms with Gasteiger partial charge in [-0.05, 0) is 18.2 Å². The van der Waals surface area contributed by atoms with E-state index in [0.29, 0.717) is 29.5 Å². The van der Waals surface area contributed by atoms with Crippen molar-refractivity contribution < 1.29 is 4.79 Å². The van der Waals surface area contributed by atoms with Crippen LogP contribution in [0.25, 0.3) is 10.9 Å². The van der Waals surface area contributed by atoms with Crippen LogP contribution >= 0.6 is 11.3 Å². The Labute approximate surface area is 136 Å². The van der Waals surface area contributed by atoms with Gasteiger partial charge in [-0.15, -0.1) is 11.3 Å². The van der Waals surface area contributed by atoms with Crippen LogP contribution in [-0.2, 0) is 13.0 Å². The second kappa shape index (κ2) is 5.11. The molecule has 1 aliphatic heterocycles. The highest BCUT2D eigenvalue weighted by Crippen LogP contribution is 2.28. The van der Waals surface area contributed by atoms with Gasteiger partial charge >= 0.3 is 0 Å². The molecule has 0 radical (unpaired) electrons. The minimum atomic E-state index is -0.0669. The number of rotatable bonds is 1. The molecule has 0 bridgehead atoms. The van der Waals surface area contributed by atoms with Crippen LogP contribution in [0.5, 0.6) is 0 Å². The van der Waals surface area contributed by atoms with E-state index >= 15 is 0 Å². The van der Waals surface area contributed by atoms with E-state index in [4.69, 9.17) is 11.0 Å². The number of nitrogens with two attached hydrogens (primary N) is 1. The lowest BCUT2D eigenvalue weighted by Gasteiger charge is -2.25. The maximum Gasteiger partial charge on any atom is 0.270 e. The highest BCUT2D eigenvalue weighted by molar-refractivity contribution is 7.15. The fraction of sp³-hybridized carbons (Fsp3) is 0.188. The molecule has 4 rings (SSSR count). The van der Waals surface area contributed by atoms with Crippen LogP contribution in [0, 0.1) is 11.3 Å². The fourth-order valence-corrected chi connectivity index (χ4v) is 3.82. The normalized spacial score (nSPS) is 13.8. The summed E-state index contributed by atoms with van der Waals surface area (Å²) >= 11 is 1.44. The molecule has 0 unspecified atom stereocenters. The van der Waals surface area contributed by atoms with Crippen LogP contribution in [0.2, 0.25) is 0 Å². The Hall–Kier alpha value is -2.85. The van der Waals surface area contributed by atoms with E-state index in [9.17, 15) is 4.79 Å². The molecule has 0 spiro atoms. The van der Waals surface area contributed by atoms with Crippen molar-refractivity contribution in [3.63, 3.8) is 0 Å². The molecule has 23 heavy (non-hydrogen) atoms. The van der Waals surface area contributed by atoms with Crippen molar-refractivity contribution >= 4 is 33.3 Å². The van der Waals surface area contributed by atoms with Crippen LogP contribution in [0.3, 0.4) is 0 Å². The number of amides is 1. The predicted octanol–water partition coefficient (Wildman–Crippen LogP) is 2.28. The molecule has 1 aromatic carbocycles. The molecule has 2 aromatic heterocycles. The van der Waals surface area contributed by atoms with Gasteiger partial charge in [0.15, 0.2) is 5.13 Å². The van der Waals surface area contributed by atoms with Gasteiger partial charge < -0.3 is 15.6 Å². The monoisotopic (exact) mass is 323 g/mol. The third-order valence-electron chi connectivity index (χ3n) is 4.05. The first-order chi connectivity index (χ1) is 11.2. The molecule has 3 heterocycles. The van der Waals surface area contributed by atoms with Gasteiger partial charge in [0.2, 0.25) is 0 Å². The maximum atomic E-state index is 12.8. The first-order valence-electron chi connectivity index (χ1n) is 7.21. The fourth-order valence-electron chi connectivity index (χ4n) is 2.93. The van der Waals surface area contributed by atoms with E-state index in [1.807, 2.05) is 6.07 Å². The zero-order valence-electron chi connectivity index (χ0n) is 12.2. The first kappa shape index (κ1) is 13.8. The summed E-state index contributed by atoms with van der Waals surface area (Å²) in [4.78, 5) is 23.0. The molecule has 7 heteroatoms. The number of hydrogen-bond acceptors (Lipinski definition) is 5. The number of nitrogen functional groups attached to an aromatic ring is 1. The number of nitriles is 1. The number of hydrogen-bond donors (Lipinski definition) is 2. The Balaban J connectivity index is 1.66. The van der Waals surface area contributed by atoms with E-state index in [-0.39, 0.29) is 5.91 Å². The number of aromatic amines is 1. The number of aromatic nitrogens is 2. The van der Waals surface area contributed by atoms with E-state index in [2.05, 4.69) is 16.0 Å². The van der Waals surface area contributed by atoms with Crippen LogP contribution in [0.1, 0.15) is 26.6 Å². The smallest absolute Gasteiger partial charge is 0.270 e. The lowest BCUT2D eigenvalue weighted by atomic mass is 10.1. The molecule has 114 valence electrons. The van der Waals surface area contributed by atoms with E-state index < -0.39 is 0 Å². The number of carbonyl (C=O) groups excluding carboxylic acids is 1. The quantitative estimate of drug-likeness (QED) is 0.717. The molecule has 0 fully saturated rings. The van der Waals surface area contributed by atoms with E-state index in [1.165, 1.54) is 11.3 Å². The Morgan fingerprint density at radius 3 is 3.17 bits per heavy atom. The van der Waals surface area contributed by atoms with Gasteiger partial charge in [-0.2, -0.15) is 5.26 Å². The predicted molar refractivity (Wildman–Crippen MR) is 88.0 cm³/mol. The molecule has 0 saturated heterocycles. The maximum absolute atomic E-state index is 12.8. The summed E-state index contributed by atoms with van der Waals surface area (Å²) in [6.45, 7) is 1.15. The summed E-state index contributed by atoms with van der Waals surface area (Å²) < 4.78 is 0. The third-order valence-corrected chi connectivity index (χ3v) is 4.96. The largest absolute Gasteiger partial charge is 0.375 e. The Kier molecular flexibility index (Phi) is 3.06. The average molecular weight is 323 g/mol. The van der Waals surface area contributed by atoms with Gasteiger partial charge in [0.05, 0.1) is 23.9 Å². The molecule has 0 saturated carbocycles. The van der Waals surface area contributed by atoms with Gasteiger partial charge in [-0.1, -0.05) is 6.07 Å². The van der Waals surface area contributed by atoms with Crippen molar-refractivity contribution in [1.29, 1.82) is 5.26 Å². The Bertz CT molecular complexity index is 965. The highest BCUT2D eigenvalue weighted by atomic mass is 32.1. The molecule has 1 amide bonds. The van der Waals surface area contributed by atoms with Crippen LogP contribution in [0.15, 0.2) is 24.3 Å². The number of nitrogens with one attached hydrogen (secondary N) is 1. The first-order valence-corrected chi connectivity index (χ1v) is 8.02. The van der Waals surface area contributed by atoms with Crippen molar-refractivity contribution in [2.24, 2.45) is 0 Å². The van der Waals surface area contributed by atoms with Crippen molar-refractivity contribution in [3.05, 3.63) is 46.1 Å². The van der Waals surface area contributed by atoms with Crippen molar-refractivity contribution in [2.45, 2.75) is 13.0 Å². The molecule has 6 nitrogen and oxygen atoms in total. The lowest BCUT2D eigenvalue weighted by molar-refractivity contribution is 0.0731. The van der Waals surface area contributed by atoms with Crippen LogP contribution in [-0.4, -0.2) is 27.3 Å². The highest BCUT2D eigenvalue weighted by Gasteiger charge is 2.25. The van der Waals surface area contributed by atoms with Crippen LogP contribution < -0.4 is 5.73 Å². The minimum Gasteiger partial charge on any atom is -0.375 e. The summed E-state index contributed by atoms with van der Waals surface area (Å²) in [6, 6.07) is 9.33. The summed E-state index contributed by atoms with van der Waals surface area (Å²) in [7, 11) is 0. The zero-order valence-corrected chi connectivity index (χ0v) is 13.0. The minimum absolute atomic E-state index is 0.0669. The van der Waals surface area contributed by atoms with Crippen LogP contribution in [0.4, 0.5) is 5.13 Å². The molecular weight excluding hydrogens is 310 g/mol. The van der Waals surface area contributed by atoms with Gasteiger partial charge in [0.25, 0.3) is 5.91 Å². The summed E-state index contributed by atoms with van der Waals surface area (Å²) in [5, 5.41) is 10.5. The molecular formula is C16H13N5OS. The number of nitrogens with zero attached hydrogens (tertiary/aromatic N) is 3. The van der Waals surface area contributed by atoms with E-state index in [0.717, 1.165) is 27.9 Å². The SMILES string of the molecule is N#Cc1cccc2[nH]c(C(=O)N3CCc4nc(N)sc4C3)cc12. The van der Waals surface area contributed by atoms with Crippen molar-refractivity contribution in [1.82, 2.24) is 14.9 Å². The summed E-state index contributed by atoms with van der Waals surface area (Å²) in [5.74, 6) is -0.0669. The zero-order chi connectivity index (χ0) is 16.0. The molecule has 3 N–H and O–H groups in total. The van der Waals surface area contributed by atoms with Gasteiger partial charge in [0.1, 0.15) is 5.69 Å². The van der Waals surface area contributed by atoms with Crippen molar-refractivity contribution in [3.8, 4) is 6.07 Å². The topological polar surface area (TPSA) is 98.8 Å². The lowest BCUT2D eigenvalue weighted by Crippen LogP contribution is -2.35. The number of anilines is 1. The third kappa shape index (κ3) is 2.24. The van der Waals surface area contributed by atoms with Crippen molar-refractivity contribution in [2.75, 3.05) is 12.3 Å². The molecule has 0 atom stereocenters. The summed E-state index contributed by atoms with van der Waals surface area (Å²) in [6.07, 6.45) is 0.721. The van der Waals surface area contributed by atoms with Gasteiger partial charge in [0, 0.05) is 28.7 Å². The van der Waals surface area contributed by atoms with Gasteiger partial charge in [-0.3, -0.25) is 4.79 Å². The molecule has 1 aliphatic rings. The average Bonchev–Trinajstić information content (AvgIpc) is 3.15. The number of carbonyl (C=O) groups is 1.